The van der Waals surface area contributed by atoms with Crippen LogP contribution >= 0.6 is 23.2 Å². The molecule has 178 valence electrons. The quantitative estimate of drug-likeness (QED) is 0.413. The van der Waals surface area contributed by atoms with Crippen LogP contribution < -0.4 is 10.6 Å². The highest BCUT2D eigenvalue weighted by atomic mass is 35.5. The molecule has 0 radical (unpaired) electrons. The molecule has 0 saturated carbocycles. The number of rotatable bonds is 8. The molecular formula is C22H24Cl2N2O7. The van der Waals surface area contributed by atoms with E-state index in [0.29, 0.717) is 11.4 Å². The molecule has 1 aliphatic rings. The molecule has 33 heavy (non-hydrogen) atoms. The molecule has 0 spiro atoms. The van der Waals surface area contributed by atoms with E-state index in [-0.39, 0.29) is 40.1 Å². The van der Waals surface area contributed by atoms with Crippen molar-refractivity contribution in [2.75, 3.05) is 25.1 Å². The molecule has 0 fully saturated rings. The summed E-state index contributed by atoms with van der Waals surface area (Å²) in [7, 11) is 0. The summed E-state index contributed by atoms with van der Waals surface area (Å²) in [5.74, 6) is -4.76. The Bertz CT molecular complexity index is 973. The largest absolute Gasteiger partial charge is 0.463 e. The highest BCUT2D eigenvalue weighted by Crippen LogP contribution is 2.33. The van der Waals surface area contributed by atoms with Gasteiger partial charge in [-0.3, -0.25) is 9.59 Å². The van der Waals surface area contributed by atoms with Gasteiger partial charge < -0.3 is 24.8 Å². The first-order valence-corrected chi connectivity index (χ1v) is 10.8. The van der Waals surface area contributed by atoms with Crippen molar-refractivity contribution in [1.29, 1.82) is 0 Å². The topological polar surface area (TPSA) is 120 Å². The van der Waals surface area contributed by atoms with Gasteiger partial charge in [-0.1, -0.05) is 29.3 Å². The van der Waals surface area contributed by atoms with Crippen LogP contribution in [0.5, 0.6) is 0 Å². The maximum Gasteiger partial charge on any atom is 0.337 e. The van der Waals surface area contributed by atoms with E-state index in [2.05, 4.69) is 10.6 Å². The molecule has 1 aliphatic heterocycles. The maximum absolute atomic E-state index is 13.1. The number of ether oxygens (including phenoxy) is 3. The Hall–Kier alpha value is -3.04. The monoisotopic (exact) mass is 498 g/mol. The number of halogens is 2. The van der Waals surface area contributed by atoms with Crippen molar-refractivity contribution in [2.45, 2.75) is 27.7 Å². The van der Waals surface area contributed by atoms with Crippen LogP contribution in [0, 0.1) is 5.92 Å². The number of esters is 3. The lowest BCUT2D eigenvalue weighted by molar-refractivity contribution is -0.153. The van der Waals surface area contributed by atoms with Gasteiger partial charge in [-0.05, 0) is 39.8 Å². The van der Waals surface area contributed by atoms with Crippen molar-refractivity contribution >= 4 is 52.7 Å². The SMILES string of the molecule is CCOC(=O)C1=C(C)NC(C)=C(C(=O)OCC)C1C(=O)OCC(=O)Nc1c(Cl)cccc1Cl. The van der Waals surface area contributed by atoms with E-state index in [0.717, 1.165) is 0 Å². The summed E-state index contributed by atoms with van der Waals surface area (Å²) in [5.41, 5.74) is 0.575. The average Bonchev–Trinajstić information content (AvgIpc) is 2.74. The summed E-state index contributed by atoms with van der Waals surface area (Å²) in [6.07, 6.45) is 0. The van der Waals surface area contributed by atoms with Crippen LogP contribution in [-0.4, -0.2) is 43.6 Å². The highest BCUT2D eigenvalue weighted by molar-refractivity contribution is 6.39. The Kier molecular flexibility index (Phi) is 9.31. The predicted molar refractivity (Wildman–Crippen MR) is 121 cm³/mol. The maximum atomic E-state index is 13.1. The van der Waals surface area contributed by atoms with Crippen LogP contribution in [0.3, 0.4) is 0 Å². The number of nitrogens with one attached hydrogen (secondary N) is 2. The fourth-order valence-electron chi connectivity index (χ4n) is 3.20. The summed E-state index contributed by atoms with van der Waals surface area (Å²) in [6, 6.07) is 4.67. The third-order valence-electron chi connectivity index (χ3n) is 4.56. The number of carbonyl (C=O) groups is 4. The molecule has 1 aromatic rings. The Labute approximate surface area is 201 Å². The van der Waals surface area contributed by atoms with Gasteiger partial charge in [0.2, 0.25) is 0 Å². The van der Waals surface area contributed by atoms with E-state index >= 15 is 0 Å². The molecule has 2 N–H and O–H groups in total. The first-order valence-electron chi connectivity index (χ1n) is 10.1. The lowest BCUT2D eigenvalue weighted by Gasteiger charge is -2.28. The van der Waals surface area contributed by atoms with Gasteiger partial charge in [0, 0.05) is 11.4 Å². The fraction of sp³-hybridized carbons (Fsp3) is 0.364. The molecule has 1 heterocycles. The van der Waals surface area contributed by atoms with Crippen molar-refractivity contribution in [3.8, 4) is 0 Å². The molecule has 0 saturated heterocycles. The molecule has 0 atom stereocenters. The minimum absolute atomic E-state index is 0.0514. The van der Waals surface area contributed by atoms with Gasteiger partial charge in [0.25, 0.3) is 5.91 Å². The van der Waals surface area contributed by atoms with Gasteiger partial charge >= 0.3 is 17.9 Å². The zero-order valence-electron chi connectivity index (χ0n) is 18.5. The van der Waals surface area contributed by atoms with Crippen molar-refractivity contribution in [3.63, 3.8) is 0 Å². The van der Waals surface area contributed by atoms with Crippen molar-refractivity contribution in [3.05, 3.63) is 50.8 Å². The van der Waals surface area contributed by atoms with Gasteiger partial charge in [0.15, 0.2) is 6.61 Å². The number of dihydropyridines is 1. The summed E-state index contributed by atoms with van der Waals surface area (Å²) >= 11 is 12.1. The Morgan fingerprint density at radius 3 is 1.85 bits per heavy atom. The second-order valence-electron chi connectivity index (χ2n) is 6.83. The van der Waals surface area contributed by atoms with Gasteiger partial charge in [-0.25, -0.2) is 9.59 Å². The molecule has 11 heteroatoms. The normalized spacial score (nSPS) is 13.9. The standard InChI is InChI=1S/C22H24Cl2N2O7/c1-5-31-20(28)16-11(3)25-12(4)17(21(29)32-6-2)18(16)22(30)33-10-15(27)26-19-13(23)8-7-9-14(19)24/h7-9,18,25H,5-6,10H2,1-4H3,(H,26,27). The van der Waals surface area contributed by atoms with Gasteiger partial charge in [0.05, 0.1) is 40.1 Å². The number of benzene rings is 1. The summed E-state index contributed by atoms with van der Waals surface area (Å²) < 4.78 is 15.3. The van der Waals surface area contributed by atoms with Crippen molar-refractivity contribution in [1.82, 2.24) is 5.32 Å². The summed E-state index contributed by atoms with van der Waals surface area (Å²) in [5, 5.41) is 5.76. The average molecular weight is 499 g/mol. The zero-order valence-corrected chi connectivity index (χ0v) is 20.1. The van der Waals surface area contributed by atoms with E-state index in [4.69, 9.17) is 37.4 Å². The highest BCUT2D eigenvalue weighted by Gasteiger charge is 2.42. The van der Waals surface area contributed by atoms with Crippen LogP contribution in [-0.2, 0) is 33.4 Å². The number of hydrogen-bond acceptors (Lipinski definition) is 8. The summed E-state index contributed by atoms with van der Waals surface area (Å²) in [4.78, 5) is 50.6. The van der Waals surface area contributed by atoms with Crippen LogP contribution in [0.15, 0.2) is 40.7 Å². The third kappa shape index (κ3) is 6.27. The molecule has 0 aromatic heterocycles. The second kappa shape index (κ2) is 11.7. The first kappa shape index (κ1) is 26.2. The Morgan fingerprint density at radius 2 is 1.39 bits per heavy atom. The minimum Gasteiger partial charge on any atom is -0.463 e. The number of anilines is 1. The second-order valence-corrected chi connectivity index (χ2v) is 7.64. The van der Waals surface area contributed by atoms with E-state index in [1.165, 1.54) is 12.1 Å². The Balaban J connectivity index is 2.29. The smallest absolute Gasteiger partial charge is 0.337 e. The molecule has 0 unspecified atom stereocenters. The molecule has 1 aromatic carbocycles. The number of carbonyl (C=O) groups excluding carboxylic acids is 4. The van der Waals surface area contributed by atoms with E-state index in [1.54, 1.807) is 33.8 Å². The van der Waals surface area contributed by atoms with Crippen LogP contribution in [0.25, 0.3) is 0 Å². The van der Waals surface area contributed by atoms with Crippen LogP contribution in [0.1, 0.15) is 27.7 Å². The van der Waals surface area contributed by atoms with E-state index < -0.39 is 36.3 Å². The predicted octanol–water partition coefficient (Wildman–Crippen LogP) is 3.37. The minimum atomic E-state index is -1.44. The molecule has 0 aliphatic carbocycles. The number of para-hydroxylation sites is 1. The van der Waals surface area contributed by atoms with E-state index in [9.17, 15) is 19.2 Å². The van der Waals surface area contributed by atoms with Gasteiger partial charge in [-0.2, -0.15) is 0 Å². The number of hydrogen-bond donors (Lipinski definition) is 2. The molecule has 9 nitrogen and oxygen atoms in total. The first-order chi connectivity index (χ1) is 15.6. The van der Waals surface area contributed by atoms with Crippen molar-refractivity contribution in [2.24, 2.45) is 5.92 Å². The number of allylic oxidation sites excluding steroid dienone is 2. The molecular weight excluding hydrogens is 475 g/mol. The number of amides is 1. The van der Waals surface area contributed by atoms with Crippen LogP contribution in [0.4, 0.5) is 5.69 Å². The lowest BCUT2D eigenvalue weighted by Crippen LogP contribution is -2.39. The van der Waals surface area contributed by atoms with E-state index in [1.807, 2.05) is 0 Å². The lowest BCUT2D eigenvalue weighted by atomic mass is 9.85. The fourth-order valence-corrected chi connectivity index (χ4v) is 3.69. The molecule has 0 bridgehead atoms. The molecule has 1 amide bonds. The van der Waals surface area contributed by atoms with Crippen LogP contribution in [0.2, 0.25) is 10.0 Å². The van der Waals surface area contributed by atoms with Gasteiger partial charge in [-0.15, -0.1) is 0 Å². The van der Waals surface area contributed by atoms with Crippen molar-refractivity contribution < 1.29 is 33.4 Å². The van der Waals surface area contributed by atoms with Gasteiger partial charge in [0.1, 0.15) is 5.92 Å². The third-order valence-corrected chi connectivity index (χ3v) is 5.19. The summed E-state index contributed by atoms with van der Waals surface area (Å²) in [6.45, 7) is 5.72. The Morgan fingerprint density at radius 1 is 0.909 bits per heavy atom. The molecule has 2 rings (SSSR count). The zero-order chi connectivity index (χ0) is 24.7.